The first-order valence-corrected chi connectivity index (χ1v) is 5.66. The third-order valence-corrected chi connectivity index (χ3v) is 2.83. The molecule has 0 bridgehead atoms. The van der Waals surface area contributed by atoms with Gasteiger partial charge in [0.1, 0.15) is 0 Å². The summed E-state index contributed by atoms with van der Waals surface area (Å²) in [5, 5.41) is 0. The second-order valence-electron chi connectivity index (χ2n) is 4.05. The van der Waals surface area contributed by atoms with Crippen molar-refractivity contribution in [1.29, 1.82) is 0 Å². The molecule has 0 saturated carbocycles. The van der Waals surface area contributed by atoms with Crippen LogP contribution in [0.1, 0.15) is 25.3 Å². The van der Waals surface area contributed by atoms with Crippen molar-refractivity contribution in [2.75, 3.05) is 11.4 Å². The highest BCUT2D eigenvalue weighted by Gasteiger charge is 2.29. The van der Waals surface area contributed by atoms with Gasteiger partial charge >= 0.3 is 0 Å². The van der Waals surface area contributed by atoms with Crippen LogP contribution in [0, 0.1) is 0 Å². The lowest BCUT2D eigenvalue weighted by atomic mass is 10.1. The minimum atomic E-state index is -0.372. The molecule has 1 aromatic rings. The van der Waals surface area contributed by atoms with Gasteiger partial charge in [0.25, 0.3) is 5.91 Å². The largest absolute Gasteiger partial charge is 0.305 e. The van der Waals surface area contributed by atoms with Crippen molar-refractivity contribution < 1.29 is 9.59 Å². The molecular formula is C13H15NO2. The number of hydrogen-bond donors (Lipinski definition) is 0. The van der Waals surface area contributed by atoms with Gasteiger partial charge < -0.3 is 4.90 Å². The second kappa shape index (κ2) is 4.47. The Balaban J connectivity index is 2.16. The molecule has 0 aromatic heterocycles. The van der Waals surface area contributed by atoms with Crippen LogP contribution in [0.25, 0.3) is 0 Å². The standard InChI is InChI=1S/C13H15NO2/c1-2-3-10-4-6-11(7-5-10)14-9-8-12(15)13(14)16/h4-7H,2-3,8-9H2,1H3. The predicted molar refractivity (Wildman–Crippen MR) is 62.4 cm³/mol. The minimum absolute atomic E-state index is 0.280. The number of benzene rings is 1. The maximum absolute atomic E-state index is 11.5. The van der Waals surface area contributed by atoms with Gasteiger partial charge in [0.2, 0.25) is 5.78 Å². The van der Waals surface area contributed by atoms with E-state index in [1.165, 1.54) is 5.56 Å². The molecule has 1 saturated heterocycles. The van der Waals surface area contributed by atoms with E-state index in [9.17, 15) is 9.59 Å². The summed E-state index contributed by atoms with van der Waals surface area (Å²) in [7, 11) is 0. The fraction of sp³-hybridized carbons (Fsp3) is 0.385. The Labute approximate surface area is 95.1 Å². The summed E-state index contributed by atoms with van der Waals surface area (Å²) in [6.07, 6.45) is 2.50. The molecule has 1 aromatic carbocycles. The van der Waals surface area contributed by atoms with Gasteiger partial charge in [-0.15, -0.1) is 0 Å². The molecule has 0 radical (unpaired) electrons. The third-order valence-electron chi connectivity index (χ3n) is 2.83. The van der Waals surface area contributed by atoms with Crippen LogP contribution in [0.3, 0.4) is 0 Å². The number of anilines is 1. The van der Waals surface area contributed by atoms with Crippen LogP contribution < -0.4 is 4.90 Å². The number of amides is 1. The number of nitrogens with zero attached hydrogens (tertiary/aromatic N) is 1. The monoisotopic (exact) mass is 217 g/mol. The third kappa shape index (κ3) is 1.98. The highest BCUT2D eigenvalue weighted by molar-refractivity contribution is 6.43. The van der Waals surface area contributed by atoms with Crippen molar-refractivity contribution in [1.82, 2.24) is 0 Å². The number of hydrogen-bond acceptors (Lipinski definition) is 2. The number of rotatable bonds is 3. The topological polar surface area (TPSA) is 37.4 Å². The normalized spacial score (nSPS) is 15.9. The van der Waals surface area contributed by atoms with Crippen molar-refractivity contribution in [3.05, 3.63) is 29.8 Å². The quantitative estimate of drug-likeness (QED) is 0.726. The number of aryl methyl sites for hydroxylation is 1. The summed E-state index contributed by atoms with van der Waals surface area (Å²) in [6.45, 7) is 2.65. The molecular weight excluding hydrogens is 202 g/mol. The van der Waals surface area contributed by atoms with E-state index in [1.54, 1.807) is 4.90 Å². The fourth-order valence-electron chi connectivity index (χ4n) is 1.95. The summed E-state index contributed by atoms with van der Waals surface area (Å²) in [5.74, 6) is -0.652. The summed E-state index contributed by atoms with van der Waals surface area (Å²) in [4.78, 5) is 24.2. The van der Waals surface area contributed by atoms with Crippen LogP contribution >= 0.6 is 0 Å². The number of carbonyl (C=O) groups excluding carboxylic acids is 2. The summed E-state index contributed by atoms with van der Waals surface area (Å²) in [5.41, 5.74) is 2.10. The molecule has 0 unspecified atom stereocenters. The van der Waals surface area contributed by atoms with E-state index in [1.807, 2.05) is 24.3 Å². The Morgan fingerprint density at radius 3 is 2.38 bits per heavy atom. The van der Waals surface area contributed by atoms with Crippen LogP contribution in [0.4, 0.5) is 5.69 Å². The first-order valence-electron chi connectivity index (χ1n) is 5.66. The van der Waals surface area contributed by atoms with Crippen molar-refractivity contribution in [2.24, 2.45) is 0 Å². The molecule has 16 heavy (non-hydrogen) atoms. The van der Waals surface area contributed by atoms with Gasteiger partial charge in [-0.1, -0.05) is 25.5 Å². The van der Waals surface area contributed by atoms with Gasteiger partial charge in [-0.2, -0.15) is 0 Å². The maximum atomic E-state index is 11.5. The van der Waals surface area contributed by atoms with E-state index >= 15 is 0 Å². The lowest BCUT2D eigenvalue weighted by Crippen LogP contribution is -2.26. The van der Waals surface area contributed by atoms with E-state index in [0.717, 1.165) is 18.5 Å². The Hall–Kier alpha value is -1.64. The molecule has 3 nitrogen and oxygen atoms in total. The first kappa shape index (κ1) is 10.9. The second-order valence-corrected chi connectivity index (χ2v) is 4.05. The first-order chi connectivity index (χ1) is 7.72. The zero-order valence-electron chi connectivity index (χ0n) is 9.40. The molecule has 0 spiro atoms. The molecule has 84 valence electrons. The molecule has 1 amide bonds. The molecule has 3 heteroatoms. The molecule has 0 aliphatic carbocycles. The van der Waals surface area contributed by atoms with Gasteiger partial charge in [0.15, 0.2) is 0 Å². The lowest BCUT2D eigenvalue weighted by molar-refractivity contribution is -0.133. The lowest BCUT2D eigenvalue weighted by Gasteiger charge is -2.14. The van der Waals surface area contributed by atoms with E-state index < -0.39 is 0 Å². The van der Waals surface area contributed by atoms with Gasteiger partial charge in [-0.05, 0) is 24.1 Å². The average Bonchev–Trinajstić information content (AvgIpc) is 2.62. The van der Waals surface area contributed by atoms with Crippen LogP contribution in [0.5, 0.6) is 0 Å². The minimum Gasteiger partial charge on any atom is -0.305 e. The fourth-order valence-corrected chi connectivity index (χ4v) is 1.95. The highest BCUT2D eigenvalue weighted by Crippen LogP contribution is 2.20. The van der Waals surface area contributed by atoms with Crippen LogP contribution in [-0.4, -0.2) is 18.2 Å². The van der Waals surface area contributed by atoms with E-state index in [4.69, 9.17) is 0 Å². The molecule has 0 N–H and O–H groups in total. The van der Waals surface area contributed by atoms with E-state index in [-0.39, 0.29) is 11.7 Å². The highest BCUT2D eigenvalue weighted by atomic mass is 16.2. The van der Waals surface area contributed by atoms with Crippen LogP contribution in [0.2, 0.25) is 0 Å². The van der Waals surface area contributed by atoms with E-state index in [0.29, 0.717) is 13.0 Å². The average molecular weight is 217 g/mol. The summed E-state index contributed by atoms with van der Waals surface area (Å²) in [6, 6.07) is 7.88. The van der Waals surface area contributed by atoms with Crippen LogP contribution in [0.15, 0.2) is 24.3 Å². The van der Waals surface area contributed by atoms with Crippen LogP contribution in [-0.2, 0) is 16.0 Å². The molecule has 0 atom stereocenters. The van der Waals surface area contributed by atoms with Gasteiger partial charge in [0, 0.05) is 18.7 Å². The molecule has 1 heterocycles. The smallest absolute Gasteiger partial charge is 0.294 e. The zero-order chi connectivity index (χ0) is 11.5. The van der Waals surface area contributed by atoms with Crippen molar-refractivity contribution in [2.45, 2.75) is 26.2 Å². The van der Waals surface area contributed by atoms with Gasteiger partial charge in [-0.3, -0.25) is 9.59 Å². The maximum Gasteiger partial charge on any atom is 0.294 e. The number of Topliss-reactive ketones (excluding diaryl/α,β-unsaturated/α-hetero) is 1. The van der Waals surface area contributed by atoms with E-state index in [2.05, 4.69) is 6.92 Å². The number of carbonyl (C=O) groups is 2. The predicted octanol–water partition coefficient (Wildman–Crippen LogP) is 1.94. The van der Waals surface area contributed by atoms with Gasteiger partial charge in [-0.25, -0.2) is 0 Å². The molecule has 1 aliphatic heterocycles. The SMILES string of the molecule is CCCc1ccc(N2CCC(=O)C2=O)cc1. The van der Waals surface area contributed by atoms with Gasteiger partial charge in [0.05, 0.1) is 0 Å². The van der Waals surface area contributed by atoms with Crippen molar-refractivity contribution in [3.63, 3.8) is 0 Å². The summed E-state index contributed by atoms with van der Waals surface area (Å²) < 4.78 is 0. The molecule has 1 fully saturated rings. The molecule has 2 rings (SSSR count). The zero-order valence-corrected chi connectivity index (χ0v) is 9.40. The Morgan fingerprint density at radius 1 is 1.19 bits per heavy atom. The number of ketones is 1. The Bertz CT molecular complexity index is 408. The molecule has 1 aliphatic rings. The summed E-state index contributed by atoms with van der Waals surface area (Å²) >= 11 is 0. The Kier molecular flexibility index (Phi) is 3.04. The Morgan fingerprint density at radius 2 is 1.88 bits per heavy atom. The van der Waals surface area contributed by atoms with Crippen molar-refractivity contribution in [3.8, 4) is 0 Å². The van der Waals surface area contributed by atoms with Crippen molar-refractivity contribution >= 4 is 17.4 Å².